The van der Waals surface area contributed by atoms with Gasteiger partial charge in [-0.15, -0.1) is 0 Å². The zero-order chi connectivity index (χ0) is 26.8. The van der Waals surface area contributed by atoms with Crippen molar-refractivity contribution < 1.29 is 19.4 Å². The maximum absolute atomic E-state index is 12.7. The largest absolute Gasteiger partial charge is 0.507 e. The van der Waals surface area contributed by atoms with Crippen LogP contribution in [0.15, 0.2) is 98.9 Å². The van der Waals surface area contributed by atoms with Crippen LogP contribution in [0.1, 0.15) is 27.0 Å². The van der Waals surface area contributed by atoms with Crippen molar-refractivity contribution in [1.29, 1.82) is 0 Å². The number of para-hydroxylation sites is 1. The van der Waals surface area contributed by atoms with Gasteiger partial charge in [0.1, 0.15) is 11.6 Å². The molecule has 3 aromatic carbocycles. The maximum Gasteiger partial charge on any atom is 0.251 e. The van der Waals surface area contributed by atoms with E-state index >= 15 is 0 Å². The smallest absolute Gasteiger partial charge is 0.251 e. The molecule has 3 aromatic rings. The van der Waals surface area contributed by atoms with Gasteiger partial charge in [0, 0.05) is 30.3 Å². The van der Waals surface area contributed by atoms with Crippen molar-refractivity contribution in [2.45, 2.75) is 13.1 Å². The number of aromatic hydroxyl groups is 1. The molecule has 0 radical (unpaired) electrons. The van der Waals surface area contributed by atoms with E-state index in [4.69, 9.17) is 14.5 Å². The Morgan fingerprint density at radius 3 is 2.69 bits per heavy atom. The number of hydrazone groups is 1. The monoisotopic (exact) mass is 585 g/mol. The van der Waals surface area contributed by atoms with Gasteiger partial charge in [-0.3, -0.25) is 4.79 Å². The summed E-state index contributed by atoms with van der Waals surface area (Å²) in [5, 5.41) is 23.2. The molecule has 0 saturated heterocycles. The number of amides is 1. The third-order valence-electron chi connectivity index (χ3n) is 6.43. The molecule has 10 heteroatoms. The molecule has 0 unspecified atom stereocenters. The lowest BCUT2D eigenvalue weighted by Crippen LogP contribution is -2.30. The highest BCUT2D eigenvalue weighted by Gasteiger charge is 2.23. The van der Waals surface area contributed by atoms with Gasteiger partial charge in [-0.25, -0.2) is 10.0 Å². The predicted molar refractivity (Wildman–Crippen MR) is 151 cm³/mol. The number of benzene rings is 3. The second-order valence-corrected chi connectivity index (χ2v) is 9.92. The summed E-state index contributed by atoms with van der Waals surface area (Å²) in [6, 6.07) is 20.3. The average molecular weight is 586 g/mol. The Hall–Kier alpha value is -4.57. The van der Waals surface area contributed by atoms with Gasteiger partial charge in [0.2, 0.25) is 6.79 Å². The van der Waals surface area contributed by atoms with Gasteiger partial charge < -0.3 is 25.2 Å². The Kier molecular flexibility index (Phi) is 6.76. The Balaban J connectivity index is 1.15. The molecule has 3 N–H and O–H groups in total. The van der Waals surface area contributed by atoms with E-state index in [1.54, 1.807) is 36.5 Å². The first-order valence-corrected chi connectivity index (χ1v) is 13.1. The van der Waals surface area contributed by atoms with Crippen molar-refractivity contribution in [2.75, 3.05) is 13.3 Å². The minimum absolute atomic E-state index is 0.159. The van der Waals surface area contributed by atoms with Crippen LogP contribution in [0.2, 0.25) is 0 Å². The Morgan fingerprint density at radius 2 is 1.82 bits per heavy atom. The quantitative estimate of drug-likeness (QED) is 0.379. The van der Waals surface area contributed by atoms with Crippen LogP contribution < -0.4 is 20.1 Å². The van der Waals surface area contributed by atoms with Gasteiger partial charge in [-0.1, -0.05) is 36.4 Å². The van der Waals surface area contributed by atoms with E-state index in [0.29, 0.717) is 48.0 Å². The molecule has 0 spiro atoms. The maximum atomic E-state index is 12.7. The molecule has 0 aromatic heterocycles. The Bertz CT molecular complexity index is 1580. The van der Waals surface area contributed by atoms with E-state index in [2.05, 4.69) is 31.7 Å². The molecule has 3 aliphatic rings. The van der Waals surface area contributed by atoms with Gasteiger partial charge >= 0.3 is 0 Å². The Labute approximate surface area is 233 Å². The van der Waals surface area contributed by atoms with Gasteiger partial charge in [0.15, 0.2) is 11.5 Å². The predicted octanol–water partition coefficient (Wildman–Crippen LogP) is 4.39. The molecule has 6 rings (SSSR count). The van der Waals surface area contributed by atoms with Crippen molar-refractivity contribution in [3.8, 4) is 17.2 Å². The summed E-state index contributed by atoms with van der Waals surface area (Å²) in [5.41, 5.74) is 4.61. The number of halogens is 1. The van der Waals surface area contributed by atoms with Crippen LogP contribution in [0.4, 0.5) is 0 Å². The van der Waals surface area contributed by atoms with Gasteiger partial charge in [0.05, 0.1) is 28.7 Å². The number of hydrogen-bond acceptors (Lipinski definition) is 8. The van der Waals surface area contributed by atoms with E-state index in [1.807, 2.05) is 47.5 Å². The third-order valence-corrected chi connectivity index (χ3v) is 7.09. The SMILES string of the molecule is O=C(NCc1cccc(CNC2=CC(c3ccccc3O)=NC3=C(Br)C=NN2C3)c1)c1ccc2c(c1)OCO2. The fourth-order valence-electron chi connectivity index (χ4n) is 4.41. The minimum atomic E-state index is -0.186. The molecule has 0 fully saturated rings. The van der Waals surface area contributed by atoms with Crippen molar-refractivity contribution in [3.63, 3.8) is 0 Å². The number of carbonyl (C=O) groups excluding carboxylic acids is 1. The molecule has 9 nitrogen and oxygen atoms in total. The number of fused-ring (bicyclic) bond motifs is 3. The van der Waals surface area contributed by atoms with Crippen LogP contribution in [0.25, 0.3) is 0 Å². The molecule has 3 heterocycles. The summed E-state index contributed by atoms with van der Waals surface area (Å²) in [6.07, 6.45) is 3.61. The van der Waals surface area contributed by atoms with E-state index in [0.717, 1.165) is 27.1 Å². The van der Waals surface area contributed by atoms with Crippen molar-refractivity contribution in [1.82, 2.24) is 15.6 Å². The first kappa shape index (κ1) is 24.7. The number of phenols is 1. The van der Waals surface area contributed by atoms with Crippen LogP contribution in [0.5, 0.6) is 17.2 Å². The van der Waals surface area contributed by atoms with Crippen LogP contribution in [0, 0.1) is 0 Å². The standard InChI is InChI=1S/C29H24BrN5O4/c30-22-15-33-35-16-24(22)34-23(21-6-1-2-7-25(21)36)12-28(35)31-13-18-4-3-5-19(10-18)14-32-29(37)20-8-9-26-27(11-20)39-17-38-26/h1-12,15,31,36H,13-14,16-17H2,(H,32,37). The van der Waals surface area contributed by atoms with Gasteiger partial charge in [-0.2, -0.15) is 5.10 Å². The van der Waals surface area contributed by atoms with E-state index in [1.165, 1.54) is 0 Å². The molecule has 39 heavy (non-hydrogen) atoms. The highest BCUT2D eigenvalue weighted by molar-refractivity contribution is 9.12. The minimum Gasteiger partial charge on any atom is -0.507 e. The fourth-order valence-corrected chi connectivity index (χ4v) is 4.71. The molecular weight excluding hydrogens is 562 g/mol. The van der Waals surface area contributed by atoms with Gasteiger partial charge in [-0.05, 0) is 57.4 Å². The number of rotatable bonds is 7. The van der Waals surface area contributed by atoms with Crippen molar-refractivity contribution in [2.24, 2.45) is 10.1 Å². The Morgan fingerprint density at radius 1 is 1.00 bits per heavy atom. The molecule has 0 saturated carbocycles. The number of hydrogen-bond donors (Lipinski definition) is 3. The number of nitrogens with zero attached hydrogens (tertiary/aromatic N) is 3. The summed E-state index contributed by atoms with van der Waals surface area (Å²) in [5.74, 6) is 1.95. The van der Waals surface area contributed by atoms with Crippen LogP contribution in [-0.4, -0.2) is 41.3 Å². The summed E-state index contributed by atoms with van der Waals surface area (Å²) < 4.78 is 11.5. The molecule has 2 bridgehead atoms. The molecule has 0 aliphatic carbocycles. The molecule has 1 amide bonds. The summed E-state index contributed by atoms with van der Waals surface area (Å²) in [6.45, 7) is 1.56. The molecule has 0 atom stereocenters. The lowest BCUT2D eigenvalue weighted by Gasteiger charge is -2.24. The normalized spacial score (nSPS) is 15.5. The molecule has 3 aliphatic heterocycles. The summed E-state index contributed by atoms with van der Waals surface area (Å²) in [7, 11) is 0. The second kappa shape index (κ2) is 10.7. The summed E-state index contributed by atoms with van der Waals surface area (Å²) >= 11 is 3.53. The lowest BCUT2D eigenvalue weighted by molar-refractivity contribution is 0.0950. The molecule has 196 valence electrons. The highest BCUT2D eigenvalue weighted by atomic mass is 79.9. The first-order chi connectivity index (χ1) is 19.0. The average Bonchev–Trinajstić information content (AvgIpc) is 3.37. The van der Waals surface area contributed by atoms with Gasteiger partial charge in [0.25, 0.3) is 5.91 Å². The second-order valence-electron chi connectivity index (χ2n) is 9.06. The number of nitrogens with one attached hydrogen (secondary N) is 2. The van der Waals surface area contributed by atoms with Crippen molar-refractivity contribution >= 4 is 33.8 Å². The van der Waals surface area contributed by atoms with E-state index in [-0.39, 0.29) is 18.4 Å². The summed E-state index contributed by atoms with van der Waals surface area (Å²) in [4.78, 5) is 17.5. The van der Waals surface area contributed by atoms with Crippen molar-refractivity contribution in [3.05, 3.63) is 111 Å². The number of allylic oxidation sites excluding steroid dienone is 2. The number of aliphatic imine (C=N–C) groups is 1. The van der Waals surface area contributed by atoms with Crippen LogP contribution >= 0.6 is 15.9 Å². The van der Waals surface area contributed by atoms with E-state index < -0.39 is 0 Å². The van der Waals surface area contributed by atoms with Crippen LogP contribution in [0.3, 0.4) is 0 Å². The van der Waals surface area contributed by atoms with Crippen LogP contribution in [-0.2, 0) is 13.1 Å². The topological polar surface area (TPSA) is 108 Å². The van der Waals surface area contributed by atoms with E-state index in [9.17, 15) is 9.90 Å². The first-order valence-electron chi connectivity index (χ1n) is 12.3. The number of carbonyl (C=O) groups is 1. The third kappa shape index (κ3) is 5.37. The number of phenolic OH excluding ortho intramolecular Hbond substituents is 1. The zero-order valence-corrected chi connectivity index (χ0v) is 22.3. The number of ether oxygens (including phenoxy) is 2. The highest BCUT2D eigenvalue weighted by Crippen LogP contribution is 2.32. The zero-order valence-electron chi connectivity index (χ0n) is 20.7. The molecular formula is C29H24BrN5O4. The fraction of sp³-hybridized carbons (Fsp3) is 0.138. The lowest BCUT2D eigenvalue weighted by atomic mass is 10.1.